The van der Waals surface area contributed by atoms with E-state index in [1.165, 1.54) is 5.69 Å². The molecular formula is C23H32N2O2. The Balaban J connectivity index is 2.19. The lowest BCUT2D eigenvalue weighted by atomic mass is 9.91. The van der Waals surface area contributed by atoms with E-state index in [1.54, 1.807) is 0 Å². The summed E-state index contributed by atoms with van der Waals surface area (Å²) in [5.74, 6) is 0.609. The van der Waals surface area contributed by atoms with Crippen LogP contribution in [0, 0.1) is 5.92 Å². The van der Waals surface area contributed by atoms with Gasteiger partial charge in [0.2, 0.25) is 0 Å². The molecule has 1 aliphatic heterocycles. The number of morpholine rings is 1. The van der Waals surface area contributed by atoms with Crippen LogP contribution in [0.3, 0.4) is 0 Å². The largest absolute Gasteiger partial charge is 0.378 e. The molecule has 2 heterocycles. The van der Waals surface area contributed by atoms with Crippen LogP contribution in [-0.4, -0.2) is 41.7 Å². The van der Waals surface area contributed by atoms with Crippen LogP contribution >= 0.6 is 0 Å². The molecule has 0 N–H and O–H groups in total. The number of hydrogen-bond donors (Lipinski definition) is 0. The predicted molar refractivity (Wildman–Crippen MR) is 110 cm³/mol. The zero-order valence-corrected chi connectivity index (χ0v) is 17.3. The van der Waals surface area contributed by atoms with Crippen molar-refractivity contribution in [1.82, 2.24) is 9.47 Å². The molecule has 3 rings (SSSR count). The molecule has 0 bridgehead atoms. The van der Waals surface area contributed by atoms with Crippen molar-refractivity contribution in [3.05, 3.63) is 47.7 Å². The summed E-state index contributed by atoms with van der Waals surface area (Å²) < 4.78 is 7.81. The molecule has 1 saturated heterocycles. The average molecular weight is 369 g/mol. The van der Waals surface area contributed by atoms with Gasteiger partial charge in [-0.1, -0.05) is 65.0 Å². The van der Waals surface area contributed by atoms with Gasteiger partial charge in [0.25, 0.3) is 5.91 Å². The fourth-order valence-corrected chi connectivity index (χ4v) is 3.73. The van der Waals surface area contributed by atoms with Crippen molar-refractivity contribution in [3.8, 4) is 11.3 Å². The molecule has 4 heteroatoms. The first-order valence-electron chi connectivity index (χ1n) is 9.95. The van der Waals surface area contributed by atoms with Gasteiger partial charge >= 0.3 is 0 Å². The van der Waals surface area contributed by atoms with E-state index in [9.17, 15) is 4.79 Å². The summed E-state index contributed by atoms with van der Waals surface area (Å²) in [6.07, 6.45) is 0. The van der Waals surface area contributed by atoms with Crippen LogP contribution in [0.2, 0.25) is 0 Å². The van der Waals surface area contributed by atoms with Crippen molar-refractivity contribution in [2.75, 3.05) is 26.3 Å². The van der Waals surface area contributed by atoms with Crippen molar-refractivity contribution in [2.24, 2.45) is 5.92 Å². The Bertz CT molecular complexity index is 779. The lowest BCUT2D eigenvalue weighted by Gasteiger charge is -2.27. The maximum Gasteiger partial charge on any atom is 0.256 e. The van der Waals surface area contributed by atoms with Gasteiger partial charge in [-0.25, -0.2) is 0 Å². The molecule has 1 aliphatic rings. The van der Waals surface area contributed by atoms with E-state index in [4.69, 9.17) is 4.74 Å². The SMILES string of the molecule is CC(C)Cn1c(C(C)(C)C)cc(C(=O)N2CCOCC2)c1-c1ccccc1. The van der Waals surface area contributed by atoms with Crippen LogP contribution in [0.4, 0.5) is 0 Å². The van der Waals surface area contributed by atoms with Gasteiger partial charge in [0.15, 0.2) is 0 Å². The minimum Gasteiger partial charge on any atom is -0.378 e. The van der Waals surface area contributed by atoms with Crippen molar-refractivity contribution in [3.63, 3.8) is 0 Å². The number of amides is 1. The maximum absolute atomic E-state index is 13.4. The fourth-order valence-electron chi connectivity index (χ4n) is 3.73. The summed E-state index contributed by atoms with van der Waals surface area (Å²) in [4.78, 5) is 15.4. The van der Waals surface area contributed by atoms with Crippen LogP contribution in [0.25, 0.3) is 11.3 Å². The monoisotopic (exact) mass is 368 g/mol. The molecule has 0 atom stereocenters. The second kappa shape index (κ2) is 7.89. The highest BCUT2D eigenvalue weighted by molar-refractivity contribution is 6.01. The van der Waals surface area contributed by atoms with Gasteiger partial charge in [-0.2, -0.15) is 0 Å². The van der Waals surface area contributed by atoms with Crippen molar-refractivity contribution in [2.45, 2.75) is 46.6 Å². The van der Waals surface area contributed by atoms with E-state index in [1.807, 2.05) is 23.1 Å². The van der Waals surface area contributed by atoms with E-state index < -0.39 is 0 Å². The number of carbonyl (C=O) groups excluding carboxylic acids is 1. The lowest BCUT2D eigenvalue weighted by molar-refractivity contribution is 0.0303. The molecule has 0 spiro atoms. The van der Waals surface area contributed by atoms with E-state index in [2.05, 4.69) is 57.4 Å². The van der Waals surface area contributed by atoms with Crippen LogP contribution in [0.5, 0.6) is 0 Å². The van der Waals surface area contributed by atoms with Crippen LogP contribution < -0.4 is 0 Å². The average Bonchev–Trinajstić information content (AvgIpc) is 3.01. The van der Waals surface area contributed by atoms with Gasteiger partial charge in [0, 0.05) is 30.7 Å². The Morgan fingerprint density at radius 2 is 1.74 bits per heavy atom. The second-order valence-electron chi connectivity index (χ2n) is 8.82. The molecule has 0 aliphatic carbocycles. The van der Waals surface area contributed by atoms with E-state index in [0.29, 0.717) is 32.2 Å². The predicted octanol–water partition coefficient (Wildman–Crippen LogP) is 4.58. The summed E-state index contributed by atoms with van der Waals surface area (Å²) in [6.45, 7) is 14.6. The summed E-state index contributed by atoms with van der Waals surface area (Å²) >= 11 is 0. The van der Waals surface area contributed by atoms with Crippen molar-refractivity contribution in [1.29, 1.82) is 0 Å². The van der Waals surface area contributed by atoms with Gasteiger partial charge < -0.3 is 14.2 Å². The standard InChI is InChI=1S/C23H32N2O2/c1-17(2)16-25-20(23(3,4)5)15-19(21(25)18-9-7-6-8-10-18)22(26)24-11-13-27-14-12-24/h6-10,15,17H,11-14,16H2,1-5H3. The molecule has 0 unspecified atom stereocenters. The fraction of sp³-hybridized carbons (Fsp3) is 0.522. The van der Waals surface area contributed by atoms with Crippen LogP contribution in [-0.2, 0) is 16.7 Å². The first-order chi connectivity index (χ1) is 12.8. The quantitative estimate of drug-likeness (QED) is 0.791. The summed E-state index contributed by atoms with van der Waals surface area (Å²) in [5, 5.41) is 0. The zero-order valence-electron chi connectivity index (χ0n) is 17.3. The van der Waals surface area contributed by atoms with Crippen LogP contribution in [0.15, 0.2) is 36.4 Å². The first-order valence-corrected chi connectivity index (χ1v) is 9.95. The molecule has 0 saturated carbocycles. The third-order valence-electron chi connectivity index (χ3n) is 4.99. The summed E-state index contributed by atoms with van der Waals surface area (Å²) in [6, 6.07) is 12.4. The highest BCUT2D eigenvalue weighted by Gasteiger charge is 2.30. The molecule has 1 fully saturated rings. The highest BCUT2D eigenvalue weighted by Crippen LogP contribution is 2.35. The van der Waals surface area contributed by atoms with Gasteiger partial charge in [-0.3, -0.25) is 4.79 Å². The number of hydrogen-bond acceptors (Lipinski definition) is 2. The Morgan fingerprint density at radius 1 is 1.11 bits per heavy atom. The minimum atomic E-state index is -0.0397. The minimum absolute atomic E-state index is 0.0397. The number of aromatic nitrogens is 1. The molecule has 1 aromatic heterocycles. The number of benzene rings is 1. The summed E-state index contributed by atoms with van der Waals surface area (Å²) in [7, 11) is 0. The maximum atomic E-state index is 13.4. The Kier molecular flexibility index (Phi) is 5.75. The van der Waals surface area contributed by atoms with Gasteiger partial charge in [0.05, 0.1) is 24.5 Å². The topological polar surface area (TPSA) is 34.5 Å². The third kappa shape index (κ3) is 4.27. The third-order valence-corrected chi connectivity index (χ3v) is 4.99. The number of ether oxygens (including phenoxy) is 1. The molecule has 0 radical (unpaired) electrons. The molecule has 1 amide bonds. The Labute approximate surface area is 163 Å². The van der Waals surface area contributed by atoms with E-state index in [-0.39, 0.29) is 11.3 Å². The van der Waals surface area contributed by atoms with Gasteiger partial charge in [-0.15, -0.1) is 0 Å². The first kappa shape index (κ1) is 19.7. The molecule has 2 aromatic rings. The second-order valence-corrected chi connectivity index (χ2v) is 8.82. The molecular weight excluding hydrogens is 336 g/mol. The summed E-state index contributed by atoms with van der Waals surface area (Å²) in [5.41, 5.74) is 4.14. The lowest BCUT2D eigenvalue weighted by Crippen LogP contribution is -2.40. The molecule has 146 valence electrons. The van der Waals surface area contributed by atoms with Crippen molar-refractivity contribution < 1.29 is 9.53 Å². The zero-order chi connectivity index (χ0) is 19.6. The van der Waals surface area contributed by atoms with E-state index >= 15 is 0 Å². The number of rotatable bonds is 4. The van der Waals surface area contributed by atoms with Gasteiger partial charge in [0.1, 0.15) is 0 Å². The molecule has 4 nitrogen and oxygen atoms in total. The normalized spacial score (nSPS) is 15.4. The number of carbonyl (C=O) groups is 1. The Morgan fingerprint density at radius 3 is 2.30 bits per heavy atom. The van der Waals surface area contributed by atoms with Crippen LogP contribution in [0.1, 0.15) is 50.7 Å². The van der Waals surface area contributed by atoms with Gasteiger partial charge in [-0.05, 0) is 17.5 Å². The van der Waals surface area contributed by atoms with Crippen molar-refractivity contribution >= 4 is 5.91 Å². The Hall–Kier alpha value is -2.07. The highest BCUT2D eigenvalue weighted by atomic mass is 16.5. The smallest absolute Gasteiger partial charge is 0.256 e. The number of nitrogens with zero attached hydrogens (tertiary/aromatic N) is 2. The van der Waals surface area contributed by atoms with E-state index in [0.717, 1.165) is 23.4 Å². The molecule has 27 heavy (non-hydrogen) atoms. The molecule has 1 aromatic carbocycles.